The van der Waals surface area contributed by atoms with Gasteiger partial charge < -0.3 is 4.42 Å². The van der Waals surface area contributed by atoms with E-state index in [-0.39, 0.29) is 0 Å². The van der Waals surface area contributed by atoms with Crippen LogP contribution in [0.1, 0.15) is 5.69 Å². The number of furan rings is 1. The first-order valence-corrected chi connectivity index (χ1v) is 6.38. The monoisotopic (exact) mass is 313 g/mol. The molecule has 0 aliphatic carbocycles. The van der Waals surface area contributed by atoms with Gasteiger partial charge in [0, 0.05) is 10.5 Å². The van der Waals surface area contributed by atoms with Gasteiger partial charge in [0.2, 0.25) is 0 Å². The molecular weight excluding hydrogens is 306 g/mol. The number of rotatable bonds is 2. The van der Waals surface area contributed by atoms with Crippen LogP contribution < -0.4 is 0 Å². The van der Waals surface area contributed by atoms with E-state index in [1.54, 1.807) is 23.1 Å². The lowest BCUT2D eigenvalue weighted by molar-refractivity contribution is 0.577. The smallest absolute Gasteiger partial charge is 0.163 e. The lowest BCUT2D eigenvalue weighted by Crippen LogP contribution is -1.99. The van der Waals surface area contributed by atoms with Crippen LogP contribution in [-0.4, -0.2) is 9.78 Å². The molecular formula is C14H8BrN3O. The largest absolute Gasteiger partial charge is 0.463 e. The van der Waals surface area contributed by atoms with Crippen molar-refractivity contribution in [3.8, 4) is 23.2 Å². The molecule has 0 N–H and O–H groups in total. The number of para-hydroxylation sites is 1. The minimum Gasteiger partial charge on any atom is -0.463 e. The van der Waals surface area contributed by atoms with Crippen LogP contribution in [0.25, 0.3) is 17.1 Å². The summed E-state index contributed by atoms with van der Waals surface area (Å²) in [5.74, 6) is 0.671. The molecule has 92 valence electrons. The Hall–Kier alpha value is -2.32. The first-order valence-electron chi connectivity index (χ1n) is 5.58. The van der Waals surface area contributed by atoms with Crippen molar-refractivity contribution in [2.75, 3.05) is 0 Å². The number of nitrogens with zero attached hydrogens (tertiary/aromatic N) is 3. The van der Waals surface area contributed by atoms with Crippen molar-refractivity contribution in [3.63, 3.8) is 0 Å². The van der Waals surface area contributed by atoms with E-state index in [0.717, 1.165) is 15.9 Å². The second kappa shape index (κ2) is 4.75. The molecule has 0 aliphatic heterocycles. The van der Waals surface area contributed by atoms with Gasteiger partial charge in [-0.2, -0.15) is 10.4 Å². The van der Waals surface area contributed by atoms with E-state index in [9.17, 15) is 0 Å². The van der Waals surface area contributed by atoms with Gasteiger partial charge in [0.1, 0.15) is 11.8 Å². The highest BCUT2D eigenvalue weighted by molar-refractivity contribution is 9.10. The molecule has 0 amide bonds. The average Bonchev–Trinajstić information content (AvgIpc) is 3.08. The highest BCUT2D eigenvalue weighted by Crippen LogP contribution is 2.28. The number of nitriles is 1. The highest BCUT2D eigenvalue weighted by Gasteiger charge is 2.15. The van der Waals surface area contributed by atoms with Crippen molar-refractivity contribution >= 4 is 15.9 Å². The van der Waals surface area contributed by atoms with Crippen LogP contribution in [0.15, 0.2) is 57.6 Å². The zero-order valence-corrected chi connectivity index (χ0v) is 11.3. The van der Waals surface area contributed by atoms with Gasteiger partial charge in [0.25, 0.3) is 0 Å². The minimum absolute atomic E-state index is 0.349. The molecule has 0 saturated heterocycles. The average molecular weight is 314 g/mol. The van der Waals surface area contributed by atoms with Gasteiger partial charge in [-0.05, 0) is 40.2 Å². The molecule has 0 saturated carbocycles. The standard InChI is InChI=1S/C14H8BrN3O/c15-11-4-1-2-5-12(11)18-13(8-10(9-16)17-18)14-6-3-7-19-14/h1-8H. The fourth-order valence-corrected chi connectivity index (χ4v) is 2.30. The molecule has 0 unspecified atom stereocenters. The van der Waals surface area contributed by atoms with E-state index < -0.39 is 0 Å². The van der Waals surface area contributed by atoms with Crippen molar-refractivity contribution in [2.24, 2.45) is 0 Å². The Bertz CT molecular complexity index is 753. The van der Waals surface area contributed by atoms with E-state index in [0.29, 0.717) is 11.5 Å². The SMILES string of the molecule is N#Cc1cc(-c2ccco2)n(-c2ccccc2Br)n1. The molecule has 2 aromatic heterocycles. The maximum Gasteiger partial charge on any atom is 0.163 e. The van der Waals surface area contributed by atoms with Crippen LogP contribution in [0.2, 0.25) is 0 Å². The molecule has 0 bridgehead atoms. The van der Waals surface area contributed by atoms with Crippen LogP contribution >= 0.6 is 15.9 Å². The molecule has 0 fully saturated rings. The summed E-state index contributed by atoms with van der Waals surface area (Å²) >= 11 is 3.49. The van der Waals surface area contributed by atoms with E-state index in [1.165, 1.54) is 0 Å². The van der Waals surface area contributed by atoms with Gasteiger partial charge in [-0.25, -0.2) is 4.68 Å². The summed E-state index contributed by atoms with van der Waals surface area (Å²) in [4.78, 5) is 0. The van der Waals surface area contributed by atoms with Crippen LogP contribution in [0.4, 0.5) is 0 Å². The Balaban J connectivity index is 2.24. The van der Waals surface area contributed by atoms with Gasteiger partial charge in [0.15, 0.2) is 11.5 Å². The Morgan fingerprint density at radius 1 is 1.21 bits per heavy atom. The molecule has 0 aliphatic rings. The Kier molecular flexibility index (Phi) is 2.94. The molecule has 1 aromatic carbocycles. The summed E-state index contributed by atoms with van der Waals surface area (Å²) in [5.41, 5.74) is 1.95. The maximum atomic E-state index is 9.02. The van der Waals surface area contributed by atoms with Crippen molar-refractivity contribution in [1.82, 2.24) is 9.78 Å². The first kappa shape index (κ1) is 11.8. The number of aromatic nitrogens is 2. The van der Waals surface area contributed by atoms with Crippen molar-refractivity contribution in [2.45, 2.75) is 0 Å². The third-order valence-corrected chi connectivity index (χ3v) is 3.35. The molecule has 2 heterocycles. The second-order valence-corrected chi connectivity index (χ2v) is 4.72. The number of halogens is 1. The Morgan fingerprint density at radius 2 is 2.05 bits per heavy atom. The summed E-state index contributed by atoms with van der Waals surface area (Å²) in [5, 5.41) is 13.3. The summed E-state index contributed by atoms with van der Waals surface area (Å²) in [6, 6.07) is 15.1. The maximum absolute atomic E-state index is 9.02. The van der Waals surface area contributed by atoms with Gasteiger partial charge >= 0.3 is 0 Å². The van der Waals surface area contributed by atoms with Crippen molar-refractivity contribution in [3.05, 3.63) is 58.9 Å². The predicted molar refractivity (Wildman–Crippen MR) is 73.7 cm³/mol. The van der Waals surface area contributed by atoms with E-state index in [2.05, 4.69) is 27.1 Å². The van der Waals surface area contributed by atoms with Crippen LogP contribution in [0, 0.1) is 11.3 Å². The molecule has 0 radical (unpaired) electrons. The third kappa shape index (κ3) is 2.07. The number of hydrogen-bond acceptors (Lipinski definition) is 3. The highest BCUT2D eigenvalue weighted by atomic mass is 79.9. The van der Waals surface area contributed by atoms with Crippen LogP contribution in [-0.2, 0) is 0 Å². The van der Waals surface area contributed by atoms with Crippen molar-refractivity contribution in [1.29, 1.82) is 5.26 Å². The summed E-state index contributed by atoms with van der Waals surface area (Å²) in [6.07, 6.45) is 1.60. The lowest BCUT2D eigenvalue weighted by Gasteiger charge is -2.07. The molecule has 0 atom stereocenters. The predicted octanol–water partition coefficient (Wildman–Crippen LogP) is 3.77. The fourth-order valence-electron chi connectivity index (χ4n) is 1.84. The minimum atomic E-state index is 0.349. The van der Waals surface area contributed by atoms with Crippen molar-refractivity contribution < 1.29 is 4.42 Å². The zero-order valence-electron chi connectivity index (χ0n) is 9.75. The third-order valence-electron chi connectivity index (χ3n) is 2.68. The van der Waals surface area contributed by atoms with Crippen LogP contribution in [0.5, 0.6) is 0 Å². The molecule has 4 nitrogen and oxygen atoms in total. The molecule has 3 rings (SSSR count). The van der Waals surface area contributed by atoms with E-state index >= 15 is 0 Å². The lowest BCUT2D eigenvalue weighted by atomic mass is 10.2. The topological polar surface area (TPSA) is 54.8 Å². The first-order chi connectivity index (χ1) is 9.29. The summed E-state index contributed by atoms with van der Waals surface area (Å²) < 4.78 is 7.99. The van der Waals surface area contributed by atoms with Crippen LogP contribution in [0.3, 0.4) is 0 Å². The fraction of sp³-hybridized carbons (Fsp3) is 0. The molecule has 19 heavy (non-hydrogen) atoms. The number of benzene rings is 1. The van der Waals surface area contributed by atoms with Gasteiger partial charge in [-0.15, -0.1) is 0 Å². The Labute approximate surface area is 118 Å². The van der Waals surface area contributed by atoms with Gasteiger partial charge in [-0.1, -0.05) is 12.1 Å². The number of hydrogen-bond donors (Lipinski definition) is 0. The Morgan fingerprint density at radius 3 is 2.74 bits per heavy atom. The van der Waals surface area contributed by atoms with E-state index in [1.807, 2.05) is 30.3 Å². The molecule has 5 heteroatoms. The molecule has 0 spiro atoms. The quantitative estimate of drug-likeness (QED) is 0.723. The second-order valence-electron chi connectivity index (χ2n) is 3.87. The summed E-state index contributed by atoms with van der Waals surface area (Å²) in [7, 11) is 0. The van der Waals surface area contributed by atoms with Gasteiger partial charge in [-0.3, -0.25) is 0 Å². The summed E-state index contributed by atoms with van der Waals surface area (Å²) in [6.45, 7) is 0. The molecule has 3 aromatic rings. The normalized spacial score (nSPS) is 10.3. The van der Waals surface area contributed by atoms with Gasteiger partial charge in [0.05, 0.1) is 12.0 Å². The zero-order chi connectivity index (χ0) is 13.2. The van der Waals surface area contributed by atoms with E-state index in [4.69, 9.17) is 9.68 Å².